The molecule has 0 spiro atoms. The molecule has 1 aliphatic heterocycles. The Bertz CT molecular complexity index is 1190. The van der Waals surface area contributed by atoms with Crippen LogP contribution in [0.15, 0.2) is 59.2 Å². The summed E-state index contributed by atoms with van der Waals surface area (Å²) in [5.74, 6) is 1.80. The Balaban J connectivity index is 1.99. The molecule has 0 bridgehead atoms. The van der Waals surface area contributed by atoms with Crippen molar-refractivity contribution in [3.8, 4) is 0 Å². The fraction of sp³-hybridized carbons (Fsp3) is 0.486. The van der Waals surface area contributed by atoms with Crippen molar-refractivity contribution in [1.29, 1.82) is 0 Å². The molecule has 0 amide bonds. The van der Waals surface area contributed by atoms with Crippen molar-refractivity contribution in [2.45, 2.75) is 113 Å². The van der Waals surface area contributed by atoms with Gasteiger partial charge in [0.05, 0.1) is 5.70 Å². The molecule has 0 fully saturated rings. The first-order chi connectivity index (χ1) is 17.8. The van der Waals surface area contributed by atoms with Crippen LogP contribution in [0.4, 0.5) is 11.4 Å². The molecule has 2 aromatic rings. The van der Waals surface area contributed by atoms with Crippen molar-refractivity contribution in [1.82, 2.24) is 5.32 Å². The molecule has 0 saturated heterocycles. The van der Waals surface area contributed by atoms with E-state index in [9.17, 15) is 0 Å². The third-order valence-electron chi connectivity index (χ3n) is 7.55. The fourth-order valence-electron chi connectivity index (χ4n) is 5.33. The van der Waals surface area contributed by atoms with Gasteiger partial charge in [-0.25, -0.2) is 0 Å². The zero-order chi connectivity index (χ0) is 28.3. The topological polar surface area (TPSA) is 36.1 Å². The minimum Gasteiger partial charge on any atom is -0.357 e. The largest absolute Gasteiger partial charge is 0.357 e. The zero-order valence-electron chi connectivity index (χ0n) is 26.0. The van der Waals surface area contributed by atoms with Crippen LogP contribution in [0.5, 0.6) is 0 Å². The predicted octanol–water partition coefficient (Wildman–Crippen LogP) is 10.3. The lowest BCUT2D eigenvalue weighted by atomic mass is 9.90. The average Bonchev–Trinajstić information content (AvgIpc) is 2.84. The van der Waals surface area contributed by atoms with E-state index >= 15 is 0 Å². The highest BCUT2D eigenvalue weighted by Gasteiger charge is 2.19. The molecule has 3 heteroatoms. The molecule has 206 valence electrons. The lowest BCUT2D eigenvalue weighted by molar-refractivity contribution is 0.828. The van der Waals surface area contributed by atoms with Gasteiger partial charge in [-0.15, -0.1) is 0 Å². The number of aryl methyl sites for hydroxylation is 2. The average molecular weight is 514 g/mol. The molecule has 3 N–H and O–H groups in total. The monoisotopic (exact) mass is 513 g/mol. The van der Waals surface area contributed by atoms with Crippen molar-refractivity contribution >= 4 is 11.4 Å². The Morgan fingerprint density at radius 2 is 1.00 bits per heavy atom. The van der Waals surface area contributed by atoms with Gasteiger partial charge in [-0.3, -0.25) is 0 Å². The molecular formula is C35H51N3. The van der Waals surface area contributed by atoms with Crippen LogP contribution in [-0.4, -0.2) is 0 Å². The fourth-order valence-corrected chi connectivity index (χ4v) is 5.33. The van der Waals surface area contributed by atoms with Gasteiger partial charge in [-0.2, -0.15) is 0 Å². The highest BCUT2D eigenvalue weighted by Crippen LogP contribution is 2.37. The quantitative estimate of drug-likeness (QED) is 0.328. The maximum absolute atomic E-state index is 3.84. The third kappa shape index (κ3) is 6.73. The van der Waals surface area contributed by atoms with E-state index in [0.29, 0.717) is 23.7 Å². The molecule has 1 heterocycles. The summed E-state index contributed by atoms with van der Waals surface area (Å²) in [6.07, 6.45) is 5.36. The molecule has 0 radical (unpaired) electrons. The van der Waals surface area contributed by atoms with E-state index in [1.807, 2.05) is 0 Å². The lowest BCUT2D eigenvalue weighted by Gasteiger charge is -2.26. The van der Waals surface area contributed by atoms with Crippen LogP contribution in [0.25, 0.3) is 0 Å². The maximum Gasteiger partial charge on any atom is 0.0572 e. The maximum atomic E-state index is 3.84. The molecule has 0 atom stereocenters. The molecule has 0 saturated carbocycles. The summed E-state index contributed by atoms with van der Waals surface area (Å²) >= 11 is 0. The summed E-state index contributed by atoms with van der Waals surface area (Å²) in [5, 5.41) is 11.4. The van der Waals surface area contributed by atoms with Gasteiger partial charge in [0.1, 0.15) is 0 Å². The van der Waals surface area contributed by atoms with Crippen molar-refractivity contribution in [2.75, 3.05) is 10.6 Å². The van der Waals surface area contributed by atoms with Crippen molar-refractivity contribution in [2.24, 2.45) is 0 Å². The number of allylic oxidation sites excluding steroid dienone is 4. The van der Waals surface area contributed by atoms with Crippen LogP contribution in [0.3, 0.4) is 0 Å². The van der Waals surface area contributed by atoms with Gasteiger partial charge in [0.2, 0.25) is 0 Å². The normalized spacial score (nSPS) is 16.4. The summed E-state index contributed by atoms with van der Waals surface area (Å²) in [7, 11) is 0. The van der Waals surface area contributed by atoms with Crippen LogP contribution < -0.4 is 16.0 Å². The SMILES string of the molecule is C/C(Nc1c(C(C)C)cc(C)cc1C(C)C)=C1\CC=C/C(=C(/C)Nc2c(C(C)C)cc(C)cc2C(C)C)N1. The van der Waals surface area contributed by atoms with Gasteiger partial charge in [0, 0.05) is 34.9 Å². The lowest BCUT2D eigenvalue weighted by Crippen LogP contribution is -2.22. The van der Waals surface area contributed by atoms with E-state index in [1.165, 1.54) is 56.1 Å². The van der Waals surface area contributed by atoms with Gasteiger partial charge in [-0.05, 0) is 79.7 Å². The first kappa shape index (κ1) is 29.6. The molecule has 0 unspecified atom stereocenters. The van der Waals surface area contributed by atoms with E-state index in [-0.39, 0.29) is 0 Å². The summed E-state index contributed by atoms with van der Waals surface area (Å²) in [6, 6.07) is 9.34. The summed E-state index contributed by atoms with van der Waals surface area (Å²) in [4.78, 5) is 0. The molecule has 38 heavy (non-hydrogen) atoms. The molecule has 3 nitrogen and oxygen atoms in total. The van der Waals surface area contributed by atoms with E-state index in [4.69, 9.17) is 0 Å². The first-order valence-electron chi connectivity index (χ1n) is 14.5. The second-order valence-corrected chi connectivity index (χ2v) is 12.4. The standard InChI is InChI=1S/C35H51N3/c1-20(2)28-16-24(9)17-29(21(3)4)34(28)36-26(11)32-14-13-15-33(38-32)27(12)37-35-30(22(5)6)18-25(10)19-31(35)23(7)8/h13-14,16-23,36-38H,15H2,1-12H3/b32-26+,33-27-. The number of anilines is 2. The summed E-state index contributed by atoms with van der Waals surface area (Å²) < 4.78 is 0. The van der Waals surface area contributed by atoms with Gasteiger partial charge < -0.3 is 16.0 Å². The van der Waals surface area contributed by atoms with Crippen molar-refractivity contribution in [3.63, 3.8) is 0 Å². The molecule has 0 aromatic heterocycles. The Labute approximate surface area is 232 Å². The van der Waals surface area contributed by atoms with Crippen LogP contribution in [0.2, 0.25) is 0 Å². The predicted molar refractivity (Wildman–Crippen MR) is 168 cm³/mol. The minimum atomic E-state index is 0.448. The van der Waals surface area contributed by atoms with E-state index in [2.05, 4.69) is 135 Å². The zero-order valence-corrected chi connectivity index (χ0v) is 26.0. The highest BCUT2D eigenvalue weighted by molar-refractivity contribution is 5.66. The smallest absolute Gasteiger partial charge is 0.0572 e. The Morgan fingerprint density at radius 1 is 0.632 bits per heavy atom. The molecule has 3 rings (SSSR count). The van der Waals surface area contributed by atoms with Gasteiger partial charge in [-0.1, -0.05) is 96.9 Å². The molecule has 0 aliphatic carbocycles. The van der Waals surface area contributed by atoms with Crippen LogP contribution >= 0.6 is 0 Å². The van der Waals surface area contributed by atoms with Gasteiger partial charge in [0.25, 0.3) is 0 Å². The van der Waals surface area contributed by atoms with Gasteiger partial charge in [0.15, 0.2) is 0 Å². The number of hydrogen-bond acceptors (Lipinski definition) is 3. The summed E-state index contributed by atoms with van der Waals surface area (Å²) in [5.41, 5.74) is 15.4. The molecule has 1 aliphatic rings. The second kappa shape index (κ2) is 12.3. The van der Waals surface area contributed by atoms with Crippen LogP contribution in [0.1, 0.15) is 133 Å². The summed E-state index contributed by atoms with van der Waals surface area (Å²) in [6.45, 7) is 27.0. The first-order valence-corrected chi connectivity index (χ1v) is 14.5. The second-order valence-electron chi connectivity index (χ2n) is 12.4. The van der Waals surface area contributed by atoms with Crippen molar-refractivity contribution < 1.29 is 0 Å². The van der Waals surface area contributed by atoms with Crippen LogP contribution in [-0.2, 0) is 0 Å². The van der Waals surface area contributed by atoms with Crippen molar-refractivity contribution in [3.05, 3.63) is 92.6 Å². The molecular weight excluding hydrogens is 462 g/mol. The molecule has 2 aromatic carbocycles. The third-order valence-corrected chi connectivity index (χ3v) is 7.55. The Hall–Kier alpha value is -2.94. The number of rotatable bonds is 8. The van der Waals surface area contributed by atoms with Crippen LogP contribution in [0, 0.1) is 13.8 Å². The highest BCUT2D eigenvalue weighted by atomic mass is 15.0. The van der Waals surface area contributed by atoms with E-state index in [0.717, 1.165) is 17.8 Å². The Morgan fingerprint density at radius 3 is 1.37 bits per heavy atom. The number of benzene rings is 2. The Kier molecular flexibility index (Phi) is 9.57. The van der Waals surface area contributed by atoms with E-state index in [1.54, 1.807) is 0 Å². The minimum absolute atomic E-state index is 0.448. The van der Waals surface area contributed by atoms with Gasteiger partial charge >= 0.3 is 0 Å². The van der Waals surface area contributed by atoms with E-state index < -0.39 is 0 Å². The number of nitrogens with one attached hydrogen (secondary N) is 3. The number of hydrogen-bond donors (Lipinski definition) is 3.